The molecule has 0 atom stereocenters. The van der Waals surface area contributed by atoms with Gasteiger partial charge in [0, 0.05) is 10.2 Å². The topological polar surface area (TPSA) is 0 Å². The summed E-state index contributed by atoms with van der Waals surface area (Å²) in [5.41, 5.74) is 3.08. The number of rotatable bonds is 8. The number of alkyl halides is 1. The van der Waals surface area contributed by atoms with Crippen molar-refractivity contribution in [3.05, 3.63) is 41.3 Å². The Bertz CT molecular complexity index is 410. The molecule has 1 aromatic carbocycles. The fourth-order valence-electron chi connectivity index (χ4n) is 2.27. The highest BCUT2D eigenvalue weighted by molar-refractivity contribution is 9.08. The zero-order valence-corrected chi connectivity index (χ0v) is 14.7. The smallest absolute Gasteiger partial charge is 0.0294 e. The lowest BCUT2D eigenvalue weighted by molar-refractivity contribution is 0.450. The summed E-state index contributed by atoms with van der Waals surface area (Å²) in [6.07, 6.45) is 5.20. The molecule has 19 heavy (non-hydrogen) atoms. The van der Waals surface area contributed by atoms with Gasteiger partial charge in [0.25, 0.3) is 0 Å². The highest BCUT2D eigenvalue weighted by atomic mass is 79.9. The van der Waals surface area contributed by atoms with Crippen molar-refractivity contribution in [2.24, 2.45) is 0 Å². The van der Waals surface area contributed by atoms with Crippen molar-refractivity contribution < 1.29 is 0 Å². The van der Waals surface area contributed by atoms with Gasteiger partial charge in [-0.2, -0.15) is 0 Å². The summed E-state index contributed by atoms with van der Waals surface area (Å²) in [4.78, 5) is 1.31. The van der Waals surface area contributed by atoms with Gasteiger partial charge in [-0.15, -0.1) is 0 Å². The molecule has 0 aromatic heterocycles. The highest BCUT2D eigenvalue weighted by Crippen LogP contribution is 2.34. The lowest BCUT2D eigenvalue weighted by atomic mass is 9.79. The van der Waals surface area contributed by atoms with Gasteiger partial charge in [-0.1, -0.05) is 86.4 Å². The monoisotopic (exact) mass is 340 g/mol. The van der Waals surface area contributed by atoms with E-state index in [2.05, 4.69) is 61.5 Å². The molecule has 106 valence electrons. The van der Waals surface area contributed by atoms with Crippen molar-refractivity contribution in [3.63, 3.8) is 0 Å². The van der Waals surface area contributed by atoms with Crippen molar-refractivity contribution in [1.29, 1.82) is 0 Å². The van der Waals surface area contributed by atoms with Crippen LogP contribution >= 0.6 is 27.7 Å². The molecule has 0 aliphatic heterocycles. The van der Waals surface area contributed by atoms with Gasteiger partial charge in [-0.05, 0) is 34.4 Å². The van der Waals surface area contributed by atoms with E-state index in [0.29, 0.717) is 0 Å². The molecule has 0 aliphatic carbocycles. The van der Waals surface area contributed by atoms with E-state index in [4.69, 9.17) is 0 Å². The SMILES string of the molecule is C=CSc1ccc(C(C)(C)CCCCC)cc1CBr. The van der Waals surface area contributed by atoms with Crippen LogP contribution in [0.25, 0.3) is 0 Å². The van der Waals surface area contributed by atoms with Crippen molar-refractivity contribution in [3.8, 4) is 0 Å². The van der Waals surface area contributed by atoms with E-state index < -0.39 is 0 Å². The molecule has 0 heterocycles. The molecule has 0 radical (unpaired) electrons. The van der Waals surface area contributed by atoms with E-state index in [9.17, 15) is 0 Å². The highest BCUT2D eigenvalue weighted by Gasteiger charge is 2.20. The maximum atomic E-state index is 3.80. The van der Waals surface area contributed by atoms with Crippen LogP contribution < -0.4 is 0 Å². The second-order valence-corrected chi connectivity index (χ2v) is 7.15. The number of thioether (sulfide) groups is 1. The Labute approximate surface area is 131 Å². The molecular formula is C17H25BrS. The largest absolute Gasteiger partial charge is 0.0984 e. The third-order valence-electron chi connectivity index (χ3n) is 3.60. The Kier molecular flexibility index (Phi) is 7.23. The van der Waals surface area contributed by atoms with Gasteiger partial charge in [0.05, 0.1) is 0 Å². The summed E-state index contributed by atoms with van der Waals surface area (Å²) in [5, 5.41) is 2.80. The number of hydrogen-bond acceptors (Lipinski definition) is 1. The Morgan fingerprint density at radius 2 is 2.05 bits per heavy atom. The average Bonchev–Trinajstić information content (AvgIpc) is 2.39. The molecule has 0 unspecified atom stereocenters. The molecule has 0 fully saturated rings. The maximum Gasteiger partial charge on any atom is 0.0294 e. The quantitative estimate of drug-likeness (QED) is 0.289. The molecule has 0 nitrogen and oxygen atoms in total. The standard InChI is InChI=1S/C17H25BrS/c1-5-7-8-11-17(3,4)15-9-10-16(19-6-2)14(12-15)13-18/h6,9-10,12H,2,5,7-8,11,13H2,1,3-4H3. The van der Waals surface area contributed by atoms with Gasteiger partial charge >= 0.3 is 0 Å². The summed E-state index contributed by atoms with van der Waals surface area (Å²) in [6, 6.07) is 6.87. The fraction of sp³-hybridized carbons (Fsp3) is 0.529. The van der Waals surface area contributed by atoms with Gasteiger partial charge in [0.15, 0.2) is 0 Å². The molecule has 0 saturated heterocycles. The Morgan fingerprint density at radius 1 is 1.32 bits per heavy atom. The minimum Gasteiger partial charge on any atom is -0.0984 e. The van der Waals surface area contributed by atoms with Gasteiger partial charge in [0.2, 0.25) is 0 Å². The van der Waals surface area contributed by atoms with E-state index in [-0.39, 0.29) is 5.41 Å². The van der Waals surface area contributed by atoms with E-state index in [0.717, 1.165) is 5.33 Å². The predicted molar refractivity (Wildman–Crippen MR) is 92.3 cm³/mol. The van der Waals surface area contributed by atoms with Crippen LogP contribution in [0.5, 0.6) is 0 Å². The molecule has 0 bridgehead atoms. The van der Waals surface area contributed by atoms with Crippen LogP contribution in [0.1, 0.15) is 57.6 Å². The van der Waals surface area contributed by atoms with Crippen molar-refractivity contribution in [1.82, 2.24) is 0 Å². The van der Waals surface area contributed by atoms with E-state index in [1.54, 1.807) is 11.8 Å². The van der Waals surface area contributed by atoms with E-state index in [1.807, 2.05) is 5.41 Å². The van der Waals surface area contributed by atoms with Crippen molar-refractivity contribution in [2.75, 3.05) is 0 Å². The number of halogens is 1. The van der Waals surface area contributed by atoms with Crippen LogP contribution in [0.15, 0.2) is 35.1 Å². The second-order valence-electron chi connectivity index (χ2n) is 5.58. The molecule has 0 saturated carbocycles. The maximum absolute atomic E-state index is 3.80. The van der Waals surface area contributed by atoms with Gasteiger partial charge in [-0.25, -0.2) is 0 Å². The molecule has 0 spiro atoms. The minimum absolute atomic E-state index is 0.267. The first kappa shape index (κ1) is 16.8. The summed E-state index contributed by atoms with van der Waals surface area (Å²) in [5.74, 6) is 0. The van der Waals surface area contributed by atoms with Crippen LogP contribution in [0.3, 0.4) is 0 Å². The molecule has 2 heteroatoms. The second kappa shape index (κ2) is 8.16. The average molecular weight is 341 g/mol. The third kappa shape index (κ3) is 5.00. The first-order valence-electron chi connectivity index (χ1n) is 7.02. The molecule has 1 aromatic rings. The van der Waals surface area contributed by atoms with Crippen LogP contribution in [0, 0.1) is 0 Å². The van der Waals surface area contributed by atoms with Gasteiger partial charge in [-0.3, -0.25) is 0 Å². The summed E-state index contributed by atoms with van der Waals surface area (Å²) in [6.45, 7) is 10.8. The van der Waals surface area contributed by atoms with Crippen molar-refractivity contribution in [2.45, 2.75) is 62.1 Å². The first-order chi connectivity index (χ1) is 9.05. The number of hydrogen-bond donors (Lipinski definition) is 0. The zero-order chi connectivity index (χ0) is 14.3. The fourth-order valence-corrected chi connectivity index (χ4v) is 3.53. The van der Waals surface area contributed by atoms with Gasteiger partial charge in [0.1, 0.15) is 0 Å². The van der Waals surface area contributed by atoms with Gasteiger partial charge < -0.3 is 0 Å². The molecular weight excluding hydrogens is 316 g/mol. The Hall–Kier alpha value is -0.210. The van der Waals surface area contributed by atoms with Crippen LogP contribution in [-0.2, 0) is 10.7 Å². The molecule has 0 N–H and O–H groups in total. The molecule has 1 rings (SSSR count). The molecule has 0 aliphatic rings. The van der Waals surface area contributed by atoms with Crippen molar-refractivity contribution >= 4 is 27.7 Å². The summed E-state index contributed by atoms with van der Waals surface area (Å²) in [7, 11) is 0. The zero-order valence-electron chi connectivity index (χ0n) is 12.3. The van der Waals surface area contributed by atoms with Crippen LogP contribution in [0.4, 0.5) is 0 Å². The lowest BCUT2D eigenvalue weighted by Gasteiger charge is -2.26. The number of unbranched alkanes of at least 4 members (excludes halogenated alkanes) is 2. The first-order valence-corrected chi connectivity index (χ1v) is 9.02. The molecule has 0 amide bonds. The minimum atomic E-state index is 0.267. The lowest BCUT2D eigenvalue weighted by Crippen LogP contribution is -2.17. The number of benzene rings is 1. The van der Waals surface area contributed by atoms with Crippen LogP contribution in [0.2, 0.25) is 0 Å². The third-order valence-corrected chi connectivity index (χ3v) is 5.02. The van der Waals surface area contributed by atoms with E-state index in [1.165, 1.54) is 41.7 Å². The van der Waals surface area contributed by atoms with E-state index >= 15 is 0 Å². The van der Waals surface area contributed by atoms with Crippen LogP contribution in [-0.4, -0.2) is 0 Å². The normalized spacial score (nSPS) is 11.6. The Balaban J connectivity index is 2.90. The summed E-state index contributed by atoms with van der Waals surface area (Å²) >= 11 is 5.30. The summed E-state index contributed by atoms with van der Waals surface area (Å²) < 4.78 is 0. The predicted octanol–water partition coefficient (Wildman–Crippen LogP) is 6.68. The Morgan fingerprint density at radius 3 is 2.63 bits per heavy atom.